The van der Waals surface area contributed by atoms with E-state index in [9.17, 15) is 18.0 Å². The Bertz CT molecular complexity index is 967. The normalized spacial score (nSPS) is 24.6. The van der Waals surface area contributed by atoms with Gasteiger partial charge in [-0.05, 0) is 24.1 Å². The van der Waals surface area contributed by atoms with Crippen LogP contribution in [0.25, 0.3) is 0 Å². The van der Waals surface area contributed by atoms with E-state index in [1.807, 2.05) is 11.2 Å². The standard InChI is InChI=1S/C23H28F3N5O2/c24-23(25,26)19-3-1-16(2-4-19)17-9-20(31-14-21(28-15-31)18-10-27-11-18)13-30(12-17)22(32)29-5-7-33-8-6-29/h1-4,14-15,17-18,20,27H,5-13H2. The second-order valence-electron chi connectivity index (χ2n) is 9.09. The van der Waals surface area contributed by atoms with Crippen LogP contribution in [0.2, 0.25) is 0 Å². The first-order valence-corrected chi connectivity index (χ1v) is 11.4. The van der Waals surface area contributed by atoms with E-state index in [0.717, 1.165) is 42.9 Å². The van der Waals surface area contributed by atoms with Gasteiger partial charge in [0.1, 0.15) is 0 Å². The van der Waals surface area contributed by atoms with Gasteiger partial charge in [-0.3, -0.25) is 0 Å². The summed E-state index contributed by atoms with van der Waals surface area (Å²) in [5, 5.41) is 3.25. The summed E-state index contributed by atoms with van der Waals surface area (Å²) in [6.45, 7) is 4.99. The van der Waals surface area contributed by atoms with E-state index in [1.54, 1.807) is 17.0 Å². The highest BCUT2D eigenvalue weighted by Gasteiger charge is 2.35. The van der Waals surface area contributed by atoms with Crippen molar-refractivity contribution in [3.8, 4) is 0 Å². The molecule has 3 fully saturated rings. The van der Waals surface area contributed by atoms with Gasteiger partial charge in [-0.1, -0.05) is 12.1 Å². The van der Waals surface area contributed by atoms with E-state index < -0.39 is 11.7 Å². The summed E-state index contributed by atoms with van der Waals surface area (Å²) in [7, 11) is 0. The number of hydrogen-bond donors (Lipinski definition) is 1. The quantitative estimate of drug-likeness (QED) is 0.760. The highest BCUT2D eigenvalue weighted by atomic mass is 19.4. The van der Waals surface area contributed by atoms with Gasteiger partial charge in [0.2, 0.25) is 0 Å². The predicted octanol–water partition coefficient (Wildman–Crippen LogP) is 3.07. The molecule has 0 aliphatic carbocycles. The topological polar surface area (TPSA) is 62.6 Å². The van der Waals surface area contributed by atoms with Crippen molar-refractivity contribution in [3.63, 3.8) is 0 Å². The average molecular weight is 464 g/mol. The number of carbonyl (C=O) groups is 1. The van der Waals surface area contributed by atoms with Crippen molar-refractivity contribution in [1.82, 2.24) is 24.7 Å². The third-order valence-electron chi connectivity index (χ3n) is 6.93. The van der Waals surface area contributed by atoms with E-state index in [2.05, 4.69) is 21.1 Å². The van der Waals surface area contributed by atoms with Crippen molar-refractivity contribution in [2.75, 3.05) is 52.5 Å². The minimum atomic E-state index is -4.37. The van der Waals surface area contributed by atoms with Crippen molar-refractivity contribution < 1.29 is 22.7 Å². The number of urea groups is 1. The van der Waals surface area contributed by atoms with Crippen LogP contribution in [0.1, 0.15) is 41.1 Å². The molecule has 3 saturated heterocycles. The van der Waals surface area contributed by atoms with Crippen LogP contribution in [0, 0.1) is 0 Å². The van der Waals surface area contributed by atoms with Gasteiger partial charge in [0.15, 0.2) is 0 Å². The monoisotopic (exact) mass is 463 g/mol. The number of hydrogen-bond acceptors (Lipinski definition) is 4. The lowest BCUT2D eigenvalue weighted by Gasteiger charge is -2.41. The molecule has 2 atom stereocenters. The molecule has 5 rings (SSSR count). The fourth-order valence-corrected chi connectivity index (χ4v) is 4.85. The van der Waals surface area contributed by atoms with Crippen LogP contribution >= 0.6 is 0 Å². The Morgan fingerprint density at radius 3 is 2.39 bits per heavy atom. The number of ether oxygens (including phenoxy) is 1. The number of piperidine rings is 1. The first kappa shape index (κ1) is 22.2. The number of rotatable bonds is 3. The van der Waals surface area contributed by atoms with Gasteiger partial charge in [0.05, 0.1) is 36.8 Å². The van der Waals surface area contributed by atoms with Gasteiger partial charge >= 0.3 is 12.2 Å². The summed E-state index contributed by atoms with van der Waals surface area (Å²) in [5.74, 6) is 0.346. The van der Waals surface area contributed by atoms with Crippen molar-refractivity contribution in [2.45, 2.75) is 30.5 Å². The zero-order valence-electron chi connectivity index (χ0n) is 18.3. The molecule has 10 heteroatoms. The van der Waals surface area contributed by atoms with Gasteiger partial charge in [-0.25, -0.2) is 9.78 Å². The summed E-state index contributed by atoms with van der Waals surface area (Å²) in [4.78, 5) is 21.5. The summed E-state index contributed by atoms with van der Waals surface area (Å²) in [5.41, 5.74) is 1.20. The zero-order chi connectivity index (χ0) is 23.0. The third kappa shape index (κ3) is 4.72. The van der Waals surface area contributed by atoms with E-state index in [-0.39, 0.29) is 18.0 Å². The maximum Gasteiger partial charge on any atom is 0.416 e. The number of halogens is 3. The summed E-state index contributed by atoms with van der Waals surface area (Å²) >= 11 is 0. The lowest BCUT2D eigenvalue weighted by molar-refractivity contribution is -0.137. The summed E-state index contributed by atoms with van der Waals surface area (Å²) in [6, 6.07) is 5.32. The molecule has 1 aromatic heterocycles. The number of nitrogens with one attached hydrogen (secondary N) is 1. The number of morpholine rings is 1. The lowest BCUT2D eigenvalue weighted by atomic mass is 9.87. The summed E-state index contributed by atoms with van der Waals surface area (Å²) in [6.07, 6.45) is 0.250. The smallest absolute Gasteiger partial charge is 0.378 e. The van der Waals surface area contributed by atoms with Crippen molar-refractivity contribution in [1.29, 1.82) is 0 Å². The zero-order valence-corrected chi connectivity index (χ0v) is 18.3. The van der Waals surface area contributed by atoms with Crippen LogP contribution in [-0.2, 0) is 10.9 Å². The molecule has 0 radical (unpaired) electrons. The first-order valence-electron chi connectivity index (χ1n) is 11.4. The van der Waals surface area contributed by atoms with E-state index in [0.29, 0.717) is 45.3 Å². The number of imidazole rings is 1. The largest absolute Gasteiger partial charge is 0.416 e. The molecule has 1 N–H and O–H groups in total. The fraction of sp³-hybridized carbons (Fsp3) is 0.565. The van der Waals surface area contributed by atoms with Crippen molar-refractivity contribution in [3.05, 3.63) is 53.6 Å². The SMILES string of the molecule is O=C(N1CCOCC1)N1CC(c2ccc(C(F)(F)F)cc2)CC(n2cnc(C3CNC3)c2)C1. The highest BCUT2D eigenvalue weighted by Crippen LogP contribution is 2.36. The number of nitrogens with zero attached hydrogens (tertiary/aromatic N) is 4. The molecule has 4 heterocycles. The van der Waals surface area contributed by atoms with Gasteiger partial charge in [0.25, 0.3) is 0 Å². The van der Waals surface area contributed by atoms with Crippen LogP contribution in [0.5, 0.6) is 0 Å². The molecule has 3 aliphatic heterocycles. The minimum absolute atomic E-state index is 0.00492. The predicted molar refractivity (Wildman–Crippen MR) is 115 cm³/mol. The lowest BCUT2D eigenvalue weighted by Crippen LogP contribution is -2.52. The molecule has 2 amide bonds. The molecule has 2 aromatic rings. The average Bonchev–Trinajstić information content (AvgIpc) is 3.27. The first-order chi connectivity index (χ1) is 15.9. The number of carbonyl (C=O) groups excluding carboxylic acids is 1. The maximum atomic E-state index is 13.3. The van der Waals surface area contributed by atoms with Crippen LogP contribution < -0.4 is 5.32 Å². The number of alkyl halides is 3. The van der Waals surface area contributed by atoms with Gasteiger partial charge < -0.3 is 24.4 Å². The van der Waals surface area contributed by atoms with E-state index >= 15 is 0 Å². The van der Waals surface area contributed by atoms with Crippen molar-refractivity contribution >= 4 is 6.03 Å². The van der Waals surface area contributed by atoms with Crippen LogP contribution in [0.4, 0.5) is 18.0 Å². The van der Waals surface area contributed by atoms with Crippen molar-refractivity contribution in [2.24, 2.45) is 0 Å². The Labute approximate surface area is 190 Å². The molecule has 3 aliphatic rings. The second-order valence-corrected chi connectivity index (χ2v) is 9.09. The molecule has 7 nitrogen and oxygen atoms in total. The Hall–Kier alpha value is -2.59. The molecule has 33 heavy (non-hydrogen) atoms. The molecular formula is C23H28F3N5O2. The third-order valence-corrected chi connectivity index (χ3v) is 6.93. The number of benzene rings is 1. The molecule has 1 aromatic carbocycles. The van der Waals surface area contributed by atoms with Gasteiger partial charge in [0, 0.05) is 57.3 Å². The molecule has 0 bridgehead atoms. The molecule has 2 unspecified atom stereocenters. The van der Waals surface area contributed by atoms with Crippen LogP contribution in [0.3, 0.4) is 0 Å². The minimum Gasteiger partial charge on any atom is -0.378 e. The fourth-order valence-electron chi connectivity index (χ4n) is 4.85. The molecular weight excluding hydrogens is 435 g/mol. The van der Waals surface area contributed by atoms with E-state index in [4.69, 9.17) is 4.74 Å². The number of likely N-dealkylation sites (tertiary alicyclic amines) is 1. The Balaban J connectivity index is 1.39. The summed E-state index contributed by atoms with van der Waals surface area (Å²) < 4.78 is 46.6. The second kappa shape index (κ2) is 8.98. The number of aromatic nitrogens is 2. The van der Waals surface area contributed by atoms with E-state index in [1.165, 1.54) is 0 Å². The Kier molecular flexibility index (Phi) is 6.05. The van der Waals surface area contributed by atoms with Gasteiger partial charge in [-0.15, -0.1) is 0 Å². The molecule has 0 spiro atoms. The highest BCUT2D eigenvalue weighted by molar-refractivity contribution is 5.75. The Morgan fingerprint density at radius 2 is 1.76 bits per heavy atom. The maximum absolute atomic E-state index is 13.3. The van der Waals surface area contributed by atoms with Crippen LogP contribution in [-0.4, -0.2) is 77.9 Å². The van der Waals surface area contributed by atoms with Gasteiger partial charge in [-0.2, -0.15) is 13.2 Å². The Morgan fingerprint density at radius 1 is 1.03 bits per heavy atom. The molecule has 178 valence electrons. The molecule has 0 saturated carbocycles. The number of amides is 2. The van der Waals surface area contributed by atoms with Crippen LogP contribution in [0.15, 0.2) is 36.8 Å².